The minimum atomic E-state index is 0.215. The number of anilines is 1. The lowest BCUT2D eigenvalue weighted by Crippen LogP contribution is -2.30. The van der Waals surface area contributed by atoms with E-state index in [1.54, 1.807) is 6.07 Å². The molecule has 116 valence electrons. The summed E-state index contributed by atoms with van der Waals surface area (Å²) in [6.45, 7) is 2.06. The number of piperidine rings is 1. The van der Waals surface area contributed by atoms with E-state index in [-0.39, 0.29) is 5.75 Å². The Bertz CT molecular complexity index is 841. The molecule has 0 bridgehead atoms. The van der Waals surface area contributed by atoms with E-state index in [0.29, 0.717) is 11.4 Å². The summed E-state index contributed by atoms with van der Waals surface area (Å²) in [6.07, 6.45) is 3.68. The Kier molecular flexibility index (Phi) is 3.58. The fourth-order valence-electron chi connectivity index (χ4n) is 3.19. The Morgan fingerprint density at radius 3 is 2.39 bits per heavy atom. The molecule has 0 unspecified atom stereocenters. The van der Waals surface area contributed by atoms with Crippen molar-refractivity contribution < 1.29 is 5.11 Å². The quantitative estimate of drug-likeness (QED) is 0.777. The van der Waals surface area contributed by atoms with Crippen molar-refractivity contribution in [3.8, 4) is 17.1 Å². The predicted octanol–water partition coefficient (Wildman–Crippen LogP) is 3.99. The van der Waals surface area contributed by atoms with Crippen LogP contribution in [0.3, 0.4) is 0 Å². The molecule has 4 rings (SSSR count). The molecule has 23 heavy (non-hydrogen) atoms. The Morgan fingerprint density at radius 2 is 1.57 bits per heavy atom. The van der Waals surface area contributed by atoms with Crippen LogP contribution in [0, 0.1) is 0 Å². The van der Waals surface area contributed by atoms with Gasteiger partial charge in [0, 0.05) is 18.5 Å². The summed E-state index contributed by atoms with van der Waals surface area (Å²) < 4.78 is 0. The van der Waals surface area contributed by atoms with Gasteiger partial charge in [0.25, 0.3) is 0 Å². The predicted molar refractivity (Wildman–Crippen MR) is 92.7 cm³/mol. The molecule has 4 heteroatoms. The van der Waals surface area contributed by atoms with Crippen molar-refractivity contribution in [1.29, 1.82) is 0 Å². The molecule has 0 amide bonds. The van der Waals surface area contributed by atoms with Crippen molar-refractivity contribution in [2.24, 2.45) is 0 Å². The van der Waals surface area contributed by atoms with Gasteiger partial charge < -0.3 is 10.0 Å². The highest BCUT2D eigenvalue weighted by atomic mass is 16.3. The van der Waals surface area contributed by atoms with Crippen LogP contribution < -0.4 is 4.90 Å². The normalized spacial score (nSPS) is 15.0. The smallest absolute Gasteiger partial charge is 0.165 e. The summed E-state index contributed by atoms with van der Waals surface area (Å²) in [5.41, 5.74) is 1.60. The zero-order valence-corrected chi connectivity index (χ0v) is 12.9. The molecule has 0 atom stereocenters. The highest BCUT2D eigenvalue weighted by Gasteiger charge is 2.18. The zero-order chi connectivity index (χ0) is 15.6. The second-order valence-electron chi connectivity index (χ2n) is 5.95. The lowest BCUT2D eigenvalue weighted by atomic mass is 10.1. The van der Waals surface area contributed by atoms with Gasteiger partial charge in [-0.3, -0.25) is 0 Å². The van der Waals surface area contributed by atoms with Gasteiger partial charge in [-0.05, 0) is 43.5 Å². The molecule has 1 fully saturated rings. The number of aromatic nitrogens is 2. The molecule has 1 saturated heterocycles. The van der Waals surface area contributed by atoms with Gasteiger partial charge in [-0.15, -0.1) is 0 Å². The third-order valence-corrected chi connectivity index (χ3v) is 4.38. The highest BCUT2D eigenvalue weighted by Crippen LogP contribution is 2.32. The van der Waals surface area contributed by atoms with Gasteiger partial charge in [-0.1, -0.05) is 24.3 Å². The molecule has 0 aliphatic carbocycles. The first kappa shape index (κ1) is 14.0. The summed E-state index contributed by atoms with van der Waals surface area (Å²) in [5.74, 6) is 1.78. The number of hydrogen-bond acceptors (Lipinski definition) is 4. The molecular formula is C19H19N3O. The molecule has 0 saturated carbocycles. The number of fused-ring (bicyclic) bond motifs is 1. The Morgan fingerprint density at radius 1 is 0.826 bits per heavy atom. The molecule has 4 nitrogen and oxygen atoms in total. The zero-order valence-electron chi connectivity index (χ0n) is 12.9. The topological polar surface area (TPSA) is 49.3 Å². The largest absolute Gasteiger partial charge is 0.507 e. The Balaban J connectivity index is 1.91. The van der Waals surface area contributed by atoms with Crippen molar-refractivity contribution in [2.75, 3.05) is 18.0 Å². The van der Waals surface area contributed by atoms with E-state index in [9.17, 15) is 5.11 Å². The van der Waals surface area contributed by atoms with Crippen LogP contribution in [0.4, 0.5) is 5.82 Å². The molecule has 1 N–H and O–H groups in total. The van der Waals surface area contributed by atoms with E-state index >= 15 is 0 Å². The molecule has 1 aliphatic heterocycles. The standard InChI is InChI=1S/C19H19N3O/c23-17-11-5-3-9-15(17)18-20-16-10-4-2-8-14(16)19(21-18)22-12-6-1-7-13-22/h2-5,8-11,23H,1,6-7,12-13H2. The average molecular weight is 305 g/mol. The second-order valence-corrected chi connectivity index (χ2v) is 5.95. The maximum Gasteiger partial charge on any atom is 0.165 e. The van der Waals surface area contributed by atoms with E-state index in [1.165, 1.54) is 19.3 Å². The molecule has 0 radical (unpaired) electrons. The third-order valence-electron chi connectivity index (χ3n) is 4.38. The molecule has 3 aromatic rings. The molecule has 0 spiro atoms. The SMILES string of the molecule is Oc1ccccc1-c1nc(N2CCCCC2)c2ccccc2n1. The van der Waals surface area contributed by atoms with Crippen LogP contribution in [0.15, 0.2) is 48.5 Å². The summed E-state index contributed by atoms with van der Waals surface area (Å²) >= 11 is 0. The van der Waals surface area contributed by atoms with Crippen molar-refractivity contribution in [2.45, 2.75) is 19.3 Å². The van der Waals surface area contributed by atoms with Gasteiger partial charge in [0.05, 0.1) is 11.1 Å². The van der Waals surface area contributed by atoms with E-state index in [0.717, 1.165) is 29.8 Å². The number of hydrogen-bond donors (Lipinski definition) is 1. The van der Waals surface area contributed by atoms with Crippen molar-refractivity contribution in [1.82, 2.24) is 9.97 Å². The summed E-state index contributed by atoms with van der Waals surface area (Å²) in [7, 11) is 0. The van der Waals surface area contributed by atoms with E-state index in [4.69, 9.17) is 4.98 Å². The van der Waals surface area contributed by atoms with Crippen LogP contribution in [0.1, 0.15) is 19.3 Å². The number of rotatable bonds is 2. The van der Waals surface area contributed by atoms with Crippen LogP contribution in [0.5, 0.6) is 5.75 Å². The van der Waals surface area contributed by atoms with Gasteiger partial charge in [-0.25, -0.2) is 9.97 Å². The van der Waals surface area contributed by atoms with Crippen LogP contribution in [0.2, 0.25) is 0 Å². The lowest BCUT2D eigenvalue weighted by molar-refractivity contribution is 0.477. The fourth-order valence-corrected chi connectivity index (χ4v) is 3.19. The number of aromatic hydroxyl groups is 1. The first-order valence-corrected chi connectivity index (χ1v) is 8.13. The highest BCUT2D eigenvalue weighted by molar-refractivity contribution is 5.91. The first-order valence-electron chi connectivity index (χ1n) is 8.13. The second kappa shape index (κ2) is 5.88. The fraction of sp³-hybridized carbons (Fsp3) is 0.263. The molecular weight excluding hydrogens is 286 g/mol. The van der Waals surface area contributed by atoms with Gasteiger partial charge in [0.15, 0.2) is 5.82 Å². The Hall–Kier alpha value is -2.62. The number of phenols is 1. The number of benzene rings is 2. The maximum absolute atomic E-state index is 10.1. The lowest BCUT2D eigenvalue weighted by Gasteiger charge is -2.29. The monoisotopic (exact) mass is 305 g/mol. The molecule has 1 aliphatic rings. The van der Waals surface area contributed by atoms with Crippen LogP contribution >= 0.6 is 0 Å². The molecule has 2 heterocycles. The van der Waals surface area contributed by atoms with E-state index in [2.05, 4.69) is 16.0 Å². The number of phenolic OH excluding ortho intramolecular Hbond substituents is 1. The number of para-hydroxylation sites is 2. The number of nitrogens with zero attached hydrogens (tertiary/aromatic N) is 3. The first-order chi connectivity index (χ1) is 11.3. The minimum Gasteiger partial charge on any atom is -0.507 e. The summed E-state index contributed by atoms with van der Waals surface area (Å²) in [4.78, 5) is 11.8. The van der Waals surface area contributed by atoms with Crippen molar-refractivity contribution in [3.63, 3.8) is 0 Å². The minimum absolute atomic E-state index is 0.215. The summed E-state index contributed by atoms with van der Waals surface area (Å²) in [6, 6.07) is 15.3. The average Bonchev–Trinajstić information content (AvgIpc) is 2.62. The van der Waals surface area contributed by atoms with Crippen LogP contribution in [-0.2, 0) is 0 Å². The third kappa shape index (κ3) is 2.61. The van der Waals surface area contributed by atoms with Gasteiger partial charge in [-0.2, -0.15) is 0 Å². The molecule has 1 aromatic heterocycles. The van der Waals surface area contributed by atoms with E-state index < -0.39 is 0 Å². The van der Waals surface area contributed by atoms with Gasteiger partial charge in [0.1, 0.15) is 11.6 Å². The maximum atomic E-state index is 10.1. The van der Waals surface area contributed by atoms with Crippen molar-refractivity contribution in [3.05, 3.63) is 48.5 Å². The van der Waals surface area contributed by atoms with Gasteiger partial charge >= 0.3 is 0 Å². The van der Waals surface area contributed by atoms with Crippen LogP contribution in [0.25, 0.3) is 22.3 Å². The molecule has 2 aromatic carbocycles. The van der Waals surface area contributed by atoms with E-state index in [1.807, 2.05) is 36.4 Å². The van der Waals surface area contributed by atoms with Crippen molar-refractivity contribution >= 4 is 16.7 Å². The summed E-state index contributed by atoms with van der Waals surface area (Å²) in [5, 5.41) is 11.2. The Labute approximate surface area is 135 Å². The van der Waals surface area contributed by atoms with Gasteiger partial charge in [0.2, 0.25) is 0 Å². The van der Waals surface area contributed by atoms with Crippen LogP contribution in [-0.4, -0.2) is 28.2 Å².